The van der Waals surface area contributed by atoms with Gasteiger partial charge in [-0.3, -0.25) is 4.79 Å². The average molecular weight is 196 g/mol. The van der Waals surface area contributed by atoms with Gasteiger partial charge in [-0.1, -0.05) is 13.3 Å². The Bertz CT molecular complexity index is 200. The number of carbonyl (C=O) groups is 1. The first-order valence-corrected chi connectivity index (χ1v) is 4.21. The second-order valence-corrected chi connectivity index (χ2v) is 3.20. The summed E-state index contributed by atoms with van der Waals surface area (Å²) in [5.41, 5.74) is 0. The molecule has 2 atom stereocenters. The van der Waals surface area contributed by atoms with Crippen molar-refractivity contribution >= 4 is 5.97 Å². The number of hydrogen-bond acceptors (Lipinski definition) is 2. The Balaban J connectivity index is 2.66. The molecule has 0 aromatic carbocycles. The Morgan fingerprint density at radius 2 is 2.15 bits per heavy atom. The molecule has 76 valence electrons. The van der Waals surface area contributed by atoms with E-state index < -0.39 is 24.2 Å². The van der Waals surface area contributed by atoms with Crippen LogP contribution in [0.25, 0.3) is 0 Å². The van der Waals surface area contributed by atoms with Crippen molar-refractivity contribution in [2.75, 3.05) is 0 Å². The van der Waals surface area contributed by atoms with Crippen molar-refractivity contribution in [3.8, 4) is 0 Å². The predicted octanol–water partition coefficient (Wildman–Crippen LogP) is 2.28. The van der Waals surface area contributed by atoms with Crippen LogP contribution in [0.15, 0.2) is 0 Å². The fourth-order valence-electron chi connectivity index (χ4n) is 1.57. The normalized spacial score (nSPS) is 29.1. The third kappa shape index (κ3) is 2.35. The Hall–Kier alpha value is -0.740. The van der Waals surface area contributed by atoms with Crippen LogP contribution >= 0.6 is 0 Å². The highest BCUT2D eigenvalue weighted by Gasteiger charge is 2.51. The SMILES string of the molecule is CCCC1CC(=O)OC1C(F)(F)F. The van der Waals surface area contributed by atoms with Gasteiger partial charge in [-0.25, -0.2) is 0 Å². The predicted molar refractivity (Wildman–Crippen MR) is 39.0 cm³/mol. The van der Waals surface area contributed by atoms with Crippen LogP contribution in [-0.2, 0) is 9.53 Å². The fourth-order valence-corrected chi connectivity index (χ4v) is 1.57. The van der Waals surface area contributed by atoms with Crippen molar-refractivity contribution in [3.05, 3.63) is 0 Å². The molecule has 1 fully saturated rings. The molecule has 0 bridgehead atoms. The van der Waals surface area contributed by atoms with Gasteiger partial charge in [0.25, 0.3) is 0 Å². The molecule has 13 heavy (non-hydrogen) atoms. The lowest BCUT2D eigenvalue weighted by Crippen LogP contribution is -2.33. The molecular formula is C8H11F3O2. The van der Waals surface area contributed by atoms with Gasteiger partial charge in [0.05, 0.1) is 6.42 Å². The van der Waals surface area contributed by atoms with E-state index in [1.807, 2.05) is 0 Å². The highest BCUT2D eigenvalue weighted by molar-refractivity contribution is 5.72. The Morgan fingerprint density at radius 3 is 2.62 bits per heavy atom. The number of rotatable bonds is 2. The quantitative estimate of drug-likeness (QED) is 0.633. The van der Waals surface area contributed by atoms with Gasteiger partial charge in [0, 0.05) is 5.92 Å². The summed E-state index contributed by atoms with van der Waals surface area (Å²) in [6.07, 6.45) is -5.37. The number of cyclic esters (lactones) is 1. The number of ether oxygens (including phenoxy) is 1. The van der Waals surface area contributed by atoms with Gasteiger partial charge < -0.3 is 4.74 Å². The molecule has 0 amide bonds. The molecule has 1 rings (SSSR count). The van der Waals surface area contributed by atoms with Gasteiger partial charge >= 0.3 is 12.1 Å². The summed E-state index contributed by atoms with van der Waals surface area (Å²) in [6.45, 7) is 1.79. The second kappa shape index (κ2) is 3.55. The highest BCUT2D eigenvalue weighted by Crippen LogP contribution is 2.37. The van der Waals surface area contributed by atoms with Crippen molar-refractivity contribution in [3.63, 3.8) is 0 Å². The molecule has 2 unspecified atom stereocenters. The minimum absolute atomic E-state index is 0.0992. The van der Waals surface area contributed by atoms with E-state index in [1.165, 1.54) is 0 Å². The van der Waals surface area contributed by atoms with Crippen molar-refractivity contribution in [2.24, 2.45) is 5.92 Å². The number of esters is 1. The molecule has 0 N–H and O–H groups in total. The monoisotopic (exact) mass is 196 g/mol. The van der Waals surface area contributed by atoms with E-state index >= 15 is 0 Å². The second-order valence-electron chi connectivity index (χ2n) is 3.20. The zero-order valence-electron chi connectivity index (χ0n) is 7.23. The van der Waals surface area contributed by atoms with E-state index in [1.54, 1.807) is 6.92 Å². The summed E-state index contributed by atoms with van der Waals surface area (Å²) in [6, 6.07) is 0. The van der Waals surface area contributed by atoms with Crippen LogP contribution in [-0.4, -0.2) is 18.2 Å². The van der Waals surface area contributed by atoms with E-state index in [4.69, 9.17) is 0 Å². The van der Waals surface area contributed by atoms with Crippen LogP contribution in [0.2, 0.25) is 0 Å². The molecule has 1 heterocycles. The average Bonchev–Trinajstić information content (AvgIpc) is 2.30. The van der Waals surface area contributed by atoms with E-state index in [9.17, 15) is 18.0 Å². The van der Waals surface area contributed by atoms with E-state index in [-0.39, 0.29) is 6.42 Å². The van der Waals surface area contributed by atoms with E-state index in [0.717, 1.165) is 0 Å². The number of alkyl halides is 3. The molecular weight excluding hydrogens is 185 g/mol. The van der Waals surface area contributed by atoms with Gasteiger partial charge in [-0.2, -0.15) is 13.2 Å². The van der Waals surface area contributed by atoms with E-state index in [2.05, 4.69) is 4.74 Å². The lowest BCUT2D eigenvalue weighted by molar-refractivity contribution is -0.217. The fraction of sp³-hybridized carbons (Fsp3) is 0.875. The lowest BCUT2D eigenvalue weighted by atomic mass is 9.96. The minimum atomic E-state index is -4.41. The minimum Gasteiger partial charge on any atom is -0.452 e. The zero-order chi connectivity index (χ0) is 10.1. The van der Waals surface area contributed by atoms with Crippen LogP contribution < -0.4 is 0 Å². The first kappa shape index (κ1) is 10.3. The van der Waals surface area contributed by atoms with Crippen LogP contribution in [0.3, 0.4) is 0 Å². The van der Waals surface area contributed by atoms with Gasteiger partial charge in [0.15, 0.2) is 0 Å². The summed E-state index contributed by atoms with van der Waals surface area (Å²) >= 11 is 0. The van der Waals surface area contributed by atoms with Gasteiger partial charge in [0.1, 0.15) is 0 Å². The van der Waals surface area contributed by atoms with E-state index in [0.29, 0.717) is 12.8 Å². The standard InChI is InChI=1S/C8H11F3O2/c1-2-3-5-4-6(12)13-7(5)8(9,10)11/h5,7H,2-4H2,1H3. The number of halogens is 3. The topological polar surface area (TPSA) is 26.3 Å². The summed E-state index contributed by atoms with van der Waals surface area (Å²) < 4.78 is 40.9. The number of carbonyl (C=O) groups excluding carboxylic acids is 1. The molecule has 0 aromatic rings. The van der Waals surface area contributed by atoms with Crippen LogP contribution in [0, 0.1) is 5.92 Å². The molecule has 0 spiro atoms. The van der Waals surface area contributed by atoms with Crippen molar-refractivity contribution in [2.45, 2.75) is 38.5 Å². The largest absolute Gasteiger partial charge is 0.452 e. The molecule has 5 heteroatoms. The van der Waals surface area contributed by atoms with Gasteiger partial charge in [0.2, 0.25) is 6.10 Å². The lowest BCUT2D eigenvalue weighted by Gasteiger charge is -2.19. The van der Waals surface area contributed by atoms with Crippen LogP contribution in [0.5, 0.6) is 0 Å². The smallest absolute Gasteiger partial charge is 0.425 e. The first-order valence-electron chi connectivity index (χ1n) is 4.21. The van der Waals surface area contributed by atoms with Crippen LogP contribution in [0.1, 0.15) is 26.2 Å². The first-order chi connectivity index (χ1) is 5.95. The molecule has 1 aliphatic heterocycles. The Labute approximate surface area is 74.1 Å². The Kier molecular flexibility index (Phi) is 2.83. The van der Waals surface area contributed by atoms with Crippen molar-refractivity contribution in [1.29, 1.82) is 0 Å². The molecule has 0 saturated carbocycles. The van der Waals surface area contributed by atoms with Crippen molar-refractivity contribution < 1.29 is 22.7 Å². The summed E-state index contributed by atoms with van der Waals surface area (Å²) in [5, 5.41) is 0. The summed E-state index contributed by atoms with van der Waals surface area (Å²) in [7, 11) is 0. The summed E-state index contributed by atoms with van der Waals surface area (Å²) in [4.78, 5) is 10.7. The highest BCUT2D eigenvalue weighted by atomic mass is 19.4. The molecule has 0 radical (unpaired) electrons. The third-order valence-corrected chi connectivity index (χ3v) is 2.10. The van der Waals surface area contributed by atoms with Crippen LogP contribution in [0.4, 0.5) is 13.2 Å². The zero-order valence-corrected chi connectivity index (χ0v) is 7.23. The number of hydrogen-bond donors (Lipinski definition) is 0. The summed E-state index contributed by atoms with van der Waals surface area (Å²) in [5.74, 6) is -1.42. The third-order valence-electron chi connectivity index (χ3n) is 2.10. The maximum absolute atomic E-state index is 12.2. The molecule has 2 nitrogen and oxygen atoms in total. The van der Waals surface area contributed by atoms with Crippen molar-refractivity contribution in [1.82, 2.24) is 0 Å². The van der Waals surface area contributed by atoms with Gasteiger partial charge in [-0.05, 0) is 6.42 Å². The maximum Gasteiger partial charge on any atom is 0.425 e. The molecule has 0 aromatic heterocycles. The maximum atomic E-state index is 12.2. The van der Waals surface area contributed by atoms with Gasteiger partial charge in [-0.15, -0.1) is 0 Å². The molecule has 1 aliphatic rings. The Morgan fingerprint density at radius 1 is 1.54 bits per heavy atom. The molecule has 0 aliphatic carbocycles. The molecule has 1 saturated heterocycles.